The van der Waals surface area contributed by atoms with Crippen LogP contribution in [0, 0.1) is 0 Å². The molecule has 1 aliphatic heterocycles. The molecule has 2 aromatic heterocycles. The van der Waals surface area contributed by atoms with E-state index in [4.69, 9.17) is 9.57 Å². The number of fused-ring (bicyclic) bond motifs is 1. The quantitative estimate of drug-likeness (QED) is 0.606. The molecule has 1 unspecified atom stereocenters. The first-order valence-electron chi connectivity index (χ1n) is 8.61. The summed E-state index contributed by atoms with van der Waals surface area (Å²) in [6.45, 7) is -0.452. The summed E-state index contributed by atoms with van der Waals surface area (Å²) in [6.07, 6.45) is 4.45. The summed E-state index contributed by atoms with van der Waals surface area (Å²) >= 11 is 1.46. The predicted octanol–water partition coefficient (Wildman–Crippen LogP) is 4.48. The lowest BCUT2D eigenvalue weighted by atomic mass is 10.1. The molecule has 1 atom stereocenters. The van der Waals surface area contributed by atoms with Gasteiger partial charge in [0.1, 0.15) is 19.0 Å². The van der Waals surface area contributed by atoms with E-state index in [0.717, 1.165) is 10.4 Å². The lowest BCUT2D eigenvalue weighted by molar-refractivity contribution is 0.0234. The molecule has 0 amide bonds. The van der Waals surface area contributed by atoms with Gasteiger partial charge < -0.3 is 9.30 Å². The molecule has 0 fully saturated rings. The SMILES string of the molecule is O=C1CCC(ONc2ncc(-c3ccc(OCCF)cc3)s2)n2cccc21. The van der Waals surface area contributed by atoms with Gasteiger partial charge in [0, 0.05) is 25.2 Å². The van der Waals surface area contributed by atoms with Crippen LogP contribution in [-0.2, 0) is 4.84 Å². The number of hydrogen-bond acceptors (Lipinski definition) is 6. The molecule has 0 aliphatic carbocycles. The maximum Gasteiger partial charge on any atom is 0.207 e. The van der Waals surface area contributed by atoms with E-state index in [1.54, 1.807) is 24.4 Å². The molecule has 0 saturated carbocycles. The minimum atomic E-state index is -0.509. The molecule has 1 aromatic carbocycles. The maximum atomic E-state index is 12.1. The van der Waals surface area contributed by atoms with Gasteiger partial charge in [-0.15, -0.1) is 0 Å². The number of nitrogens with one attached hydrogen (secondary N) is 1. The highest BCUT2D eigenvalue weighted by Crippen LogP contribution is 2.32. The van der Waals surface area contributed by atoms with Crippen molar-refractivity contribution in [3.8, 4) is 16.2 Å². The summed E-state index contributed by atoms with van der Waals surface area (Å²) < 4.78 is 19.2. The Morgan fingerprint density at radius 1 is 1.30 bits per heavy atom. The molecule has 0 radical (unpaired) electrons. The van der Waals surface area contributed by atoms with Crippen LogP contribution < -0.4 is 10.2 Å². The fourth-order valence-corrected chi connectivity index (χ4v) is 3.73. The minimum absolute atomic E-state index is 0.0567. The molecule has 3 aromatic rings. The normalized spacial score (nSPS) is 16.2. The Bertz CT molecular complexity index is 922. The molecule has 1 aliphatic rings. The highest BCUT2D eigenvalue weighted by molar-refractivity contribution is 7.18. The van der Waals surface area contributed by atoms with Crippen LogP contribution in [0.15, 0.2) is 48.8 Å². The lowest BCUT2D eigenvalue weighted by Crippen LogP contribution is -2.25. The van der Waals surface area contributed by atoms with E-state index in [0.29, 0.717) is 29.4 Å². The second-order valence-corrected chi connectivity index (χ2v) is 7.06. The molecular formula is C19H18FN3O3S. The summed E-state index contributed by atoms with van der Waals surface area (Å²) in [6, 6.07) is 11.1. The van der Waals surface area contributed by atoms with Gasteiger partial charge in [-0.2, -0.15) is 0 Å². The zero-order chi connectivity index (χ0) is 18.6. The van der Waals surface area contributed by atoms with Crippen LogP contribution >= 0.6 is 11.3 Å². The number of benzene rings is 1. The number of anilines is 1. The number of thiazole rings is 1. The number of ether oxygens (including phenoxy) is 1. The largest absolute Gasteiger partial charge is 0.491 e. The maximum absolute atomic E-state index is 12.1. The van der Waals surface area contributed by atoms with E-state index >= 15 is 0 Å². The number of Topliss-reactive ketones (excluding diaryl/α,β-unsaturated/α-hetero) is 1. The third kappa shape index (κ3) is 3.86. The van der Waals surface area contributed by atoms with Crippen LogP contribution in [0.25, 0.3) is 10.4 Å². The molecule has 0 bridgehead atoms. The molecule has 4 rings (SSSR count). The summed E-state index contributed by atoms with van der Waals surface area (Å²) in [7, 11) is 0. The van der Waals surface area contributed by atoms with Gasteiger partial charge in [0.15, 0.2) is 12.0 Å². The molecule has 1 N–H and O–H groups in total. The van der Waals surface area contributed by atoms with Crippen LogP contribution in [0.2, 0.25) is 0 Å². The molecule has 0 spiro atoms. The standard InChI is InChI=1S/C19H18FN3O3S/c20-9-11-25-14-5-3-13(4-6-14)17-12-21-19(27-17)22-26-18-8-7-16(24)15-2-1-10-23(15)18/h1-6,10,12,18H,7-9,11H2,(H,21,22). The van der Waals surface area contributed by atoms with Gasteiger partial charge >= 0.3 is 0 Å². The van der Waals surface area contributed by atoms with Crippen molar-refractivity contribution < 1.29 is 18.8 Å². The molecule has 3 heterocycles. The third-order valence-electron chi connectivity index (χ3n) is 4.27. The van der Waals surface area contributed by atoms with Gasteiger partial charge in [-0.3, -0.25) is 4.79 Å². The number of aromatic nitrogens is 2. The second kappa shape index (κ2) is 7.89. The summed E-state index contributed by atoms with van der Waals surface area (Å²) in [5.41, 5.74) is 4.56. The van der Waals surface area contributed by atoms with Crippen molar-refractivity contribution >= 4 is 22.3 Å². The molecular weight excluding hydrogens is 369 g/mol. The van der Waals surface area contributed by atoms with Crippen LogP contribution in [0.4, 0.5) is 9.52 Å². The lowest BCUT2D eigenvalue weighted by Gasteiger charge is -2.24. The number of hydrogen-bond donors (Lipinski definition) is 1. The molecule has 27 heavy (non-hydrogen) atoms. The Kier molecular flexibility index (Phi) is 5.17. The number of carbonyl (C=O) groups excluding carboxylic acids is 1. The van der Waals surface area contributed by atoms with Gasteiger partial charge in [0.2, 0.25) is 5.13 Å². The average Bonchev–Trinajstić information content (AvgIpc) is 3.37. The van der Waals surface area contributed by atoms with Crippen molar-refractivity contribution in [3.63, 3.8) is 0 Å². The average molecular weight is 387 g/mol. The van der Waals surface area contributed by atoms with Crippen LogP contribution in [0.3, 0.4) is 0 Å². The zero-order valence-electron chi connectivity index (χ0n) is 14.4. The number of alkyl halides is 1. The number of ketones is 1. The number of carbonyl (C=O) groups is 1. The van der Waals surface area contributed by atoms with Crippen molar-refractivity contribution in [2.24, 2.45) is 0 Å². The van der Waals surface area contributed by atoms with E-state index < -0.39 is 6.67 Å². The fourth-order valence-electron chi connectivity index (χ4n) is 2.96. The second-order valence-electron chi connectivity index (χ2n) is 6.03. The van der Waals surface area contributed by atoms with Gasteiger partial charge in [-0.05, 0) is 42.0 Å². The highest BCUT2D eigenvalue weighted by Gasteiger charge is 2.25. The van der Waals surface area contributed by atoms with Crippen molar-refractivity contribution in [2.75, 3.05) is 18.8 Å². The van der Waals surface area contributed by atoms with Crippen LogP contribution in [0.5, 0.6) is 5.75 Å². The Hall–Kier alpha value is -2.71. The van der Waals surface area contributed by atoms with Crippen LogP contribution in [0.1, 0.15) is 29.6 Å². The zero-order valence-corrected chi connectivity index (χ0v) is 15.2. The Balaban J connectivity index is 1.39. The molecule has 0 saturated heterocycles. The first kappa shape index (κ1) is 17.7. The summed E-state index contributed by atoms with van der Waals surface area (Å²) in [5, 5.41) is 0.633. The Labute approximate surface area is 159 Å². The molecule has 6 nitrogen and oxygen atoms in total. The van der Waals surface area contributed by atoms with Gasteiger partial charge in [0.25, 0.3) is 0 Å². The van der Waals surface area contributed by atoms with E-state index in [2.05, 4.69) is 10.5 Å². The van der Waals surface area contributed by atoms with E-state index in [-0.39, 0.29) is 18.6 Å². The van der Waals surface area contributed by atoms with Crippen LogP contribution in [-0.4, -0.2) is 28.6 Å². The number of halogens is 1. The van der Waals surface area contributed by atoms with Gasteiger partial charge in [-0.1, -0.05) is 11.3 Å². The highest BCUT2D eigenvalue weighted by atomic mass is 32.1. The number of nitrogens with zero attached hydrogens (tertiary/aromatic N) is 2. The van der Waals surface area contributed by atoms with Gasteiger partial charge in [0.05, 0.1) is 10.6 Å². The van der Waals surface area contributed by atoms with E-state index in [1.807, 2.05) is 29.0 Å². The van der Waals surface area contributed by atoms with E-state index in [1.165, 1.54) is 11.3 Å². The smallest absolute Gasteiger partial charge is 0.207 e. The van der Waals surface area contributed by atoms with Gasteiger partial charge in [-0.25, -0.2) is 19.7 Å². The first-order valence-corrected chi connectivity index (χ1v) is 9.43. The minimum Gasteiger partial charge on any atom is -0.491 e. The monoisotopic (exact) mass is 387 g/mol. The third-order valence-corrected chi connectivity index (χ3v) is 5.21. The fraction of sp³-hybridized carbons (Fsp3) is 0.263. The summed E-state index contributed by atoms with van der Waals surface area (Å²) in [4.78, 5) is 22.9. The van der Waals surface area contributed by atoms with Crippen molar-refractivity contribution in [1.29, 1.82) is 0 Å². The Morgan fingerprint density at radius 2 is 2.15 bits per heavy atom. The summed E-state index contributed by atoms with van der Waals surface area (Å²) in [5.74, 6) is 0.771. The number of rotatable bonds is 7. The van der Waals surface area contributed by atoms with Crippen molar-refractivity contribution in [1.82, 2.24) is 9.55 Å². The Morgan fingerprint density at radius 3 is 2.96 bits per heavy atom. The molecule has 8 heteroatoms. The first-order chi connectivity index (χ1) is 13.2. The van der Waals surface area contributed by atoms with E-state index in [9.17, 15) is 9.18 Å². The predicted molar refractivity (Wildman–Crippen MR) is 101 cm³/mol. The topological polar surface area (TPSA) is 65.4 Å². The van der Waals surface area contributed by atoms with Crippen molar-refractivity contribution in [2.45, 2.75) is 19.1 Å². The van der Waals surface area contributed by atoms with Crippen molar-refractivity contribution in [3.05, 3.63) is 54.5 Å². The molecule has 140 valence electrons.